The summed E-state index contributed by atoms with van der Waals surface area (Å²) in [6.45, 7) is 10.5. The normalized spacial score (nSPS) is 16.7. The molecule has 1 N–H and O–H groups in total. The van der Waals surface area contributed by atoms with Crippen molar-refractivity contribution in [3.05, 3.63) is 93.8 Å². The number of aryl methyl sites for hydroxylation is 2. The number of aliphatic imine (C=N–C) groups is 1. The first kappa shape index (κ1) is 23.1. The Kier molecular flexibility index (Phi) is 5.81. The third-order valence-corrected chi connectivity index (χ3v) is 7.27. The van der Waals surface area contributed by atoms with E-state index in [2.05, 4.69) is 52.8 Å². The fourth-order valence-corrected chi connectivity index (χ4v) is 5.27. The number of rotatable bonds is 4. The number of hydrazone groups is 1. The smallest absolute Gasteiger partial charge is 0.283 e. The second kappa shape index (κ2) is 8.82. The summed E-state index contributed by atoms with van der Waals surface area (Å²) in [6, 6.07) is 18.6. The molecular formula is C28H27N5OS. The van der Waals surface area contributed by atoms with Crippen LogP contribution in [0.1, 0.15) is 53.4 Å². The van der Waals surface area contributed by atoms with Gasteiger partial charge in [-0.25, -0.2) is 0 Å². The van der Waals surface area contributed by atoms with Crippen LogP contribution in [0.5, 0.6) is 0 Å². The number of carbonyl (C=O) groups is 1. The minimum atomic E-state index is -0.416. The minimum absolute atomic E-state index is 0.0428. The van der Waals surface area contributed by atoms with Crippen molar-refractivity contribution in [2.45, 2.75) is 40.5 Å². The van der Waals surface area contributed by atoms with E-state index in [4.69, 9.17) is 5.41 Å². The number of amides is 1. The molecule has 0 aliphatic carbocycles. The Labute approximate surface area is 209 Å². The Morgan fingerprint density at radius 2 is 1.77 bits per heavy atom. The molecule has 6 nitrogen and oxygen atoms in total. The van der Waals surface area contributed by atoms with E-state index in [-0.39, 0.29) is 11.4 Å². The third-order valence-electron chi connectivity index (χ3n) is 6.31. The Morgan fingerprint density at radius 3 is 2.46 bits per heavy atom. The molecule has 0 atom stereocenters. The Hall–Kier alpha value is -3.71. The van der Waals surface area contributed by atoms with Gasteiger partial charge in [0.05, 0.1) is 5.57 Å². The highest BCUT2D eigenvalue weighted by atomic mass is 32.2. The van der Waals surface area contributed by atoms with E-state index in [1.54, 1.807) is 6.08 Å². The number of amidine groups is 2. The second-order valence-electron chi connectivity index (χ2n) is 9.20. The van der Waals surface area contributed by atoms with E-state index in [1.165, 1.54) is 22.3 Å². The van der Waals surface area contributed by atoms with Gasteiger partial charge in [-0.1, -0.05) is 49.7 Å². The summed E-state index contributed by atoms with van der Waals surface area (Å²) >= 11 is 1.32. The average molecular weight is 482 g/mol. The highest BCUT2D eigenvalue weighted by Crippen LogP contribution is 2.32. The lowest BCUT2D eigenvalue weighted by atomic mass is 10.0. The van der Waals surface area contributed by atoms with Gasteiger partial charge in [0.1, 0.15) is 5.04 Å². The van der Waals surface area contributed by atoms with Crippen LogP contribution in [-0.2, 0) is 4.79 Å². The summed E-state index contributed by atoms with van der Waals surface area (Å²) in [5.74, 6) is 0.101. The maximum atomic E-state index is 12.9. The molecule has 1 aromatic heterocycles. The predicted molar refractivity (Wildman–Crippen MR) is 145 cm³/mol. The van der Waals surface area contributed by atoms with Crippen LogP contribution < -0.4 is 0 Å². The molecular weight excluding hydrogens is 454 g/mol. The molecule has 2 aliphatic rings. The van der Waals surface area contributed by atoms with Gasteiger partial charge < -0.3 is 4.57 Å². The summed E-state index contributed by atoms with van der Waals surface area (Å²) in [6.07, 6.45) is 1.76. The average Bonchev–Trinajstić information content (AvgIpc) is 3.37. The van der Waals surface area contributed by atoms with Gasteiger partial charge >= 0.3 is 0 Å². The predicted octanol–water partition coefficient (Wildman–Crippen LogP) is 6.19. The molecule has 0 spiro atoms. The van der Waals surface area contributed by atoms with Gasteiger partial charge in [-0.2, -0.15) is 15.1 Å². The fourth-order valence-electron chi connectivity index (χ4n) is 4.38. The van der Waals surface area contributed by atoms with Gasteiger partial charge in [0.25, 0.3) is 5.91 Å². The zero-order valence-corrected chi connectivity index (χ0v) is 21.3. The molecule has 2 aromatic carbocycles. The molecule has 2 aliphatic heterocycles. The van der Waals surface area contributed by atoms with Crippen LogP contribution >= 0.6 is 11.8 Å². The molecule has 0 saturated carbocycles. The van der Waals surface area contributed by atoms with E-state index < -0.39 is 5.91 Å². The zero-order valence-electron chi connectivity index (χ0n) is 20.5. The number of carbonyl (C=O) groups excluding carboxylic acids is 1. The maximum Gasteiger partial charge on any atom is 0.283 e. The number of fused-ring (bicyclic) bond motifs is 1. The van der Waals surface area contributed by atoms with E-state index in [0.29, 0.717) is 11.1 Å². The Bertz CT molecular complexity index is 1460. The zero-order chi connectivity index (χ0) is 24.9. The molecule has 3 heterocycles. The van der Waals surface area contributed by atoms with Crippen LogP contribution in [0, 0.1) is 26.2 Å². The molecule has 0 bridgehead atoms. The lowest BCUT2D eigenvalue weighted by Crippen LogP contribution is -2.35. The van der Waals surface area contributed by atoms with Crippen LogP contribution in [0.15, 0.2) is 70.3 Å². The molecule has 176 valence electrons. The molecule has 0 unspecified atom stereocenters. The van der Waals surface area contributed by atoms with Crippen molar-refractivity contribution >= 4 is 39.8 Å². The molecule has 1 amide bonds. The van der Waals surface area contributed by atoms with Crippen LogP contribution in [0.3, 0.4) is 0 Å². The van der Waals surface area contributed by atoms with Gasteiger partial charge in [-0.3, -0.25) is 10.2 Å². The molecule has 35 heavy (non-hydrogen) atoms. The highest BCUT2D eigenvalue weighted by Gasteiger charge is 2.36. The van der Waals surface area contributed by atoms with Gasteiger partial charge in [-0.15, -0.1) is 0 Å². The van der Waals surface area contributed by atoms with Gasteiger partial charge in [0.15, 0.2) is 5.84 Å². The van der Waals surface area contributed by atoms with E-state index in [9.17, 15) is 4.79 Å². The minimum Gasteiger partial charge on any atom is -0.318 e. The molecule has 3 aromatic rings. The van der Waals surface area contributed by atoms with Crippen molar-refractivity contribution in [2.75, 3.05) is 0 Å². The van der Waals surface area contributed by atoms with Gasteiger partial charge in [-0.05, 0) is 79.9 Å². The SMILES string of the molecule is Cc1cccc(C2=NN3C(=N)C(=Cc4cc(C)n(-c5ccc(C(C)C)cc5)c4C)C(=O)N=C3S2)c1. The number of nitrogens with zero attached hydrogens (tertiary/aromatic N) is 4. The first-order valence-electron chi connectivity index (χ1n) is 11.6. The number of benzene rings is 2. The van der Waals surface area contributed by atoms with Crippen molar-refractivity contribution in [3.63, 3.8) is 0 Å². The van der Waals surface area contributed by atoms with E-state index in [0.717, 1.165) is 38.8 Å². The topological polar surface area (TPSA) is 73.8 Å². The summed E-state index contributed by atoms with van der Waals surface area (Å²) in [4.78, 5) is 17.2. The van der Waals surface area contributed by atoms with Gasteiger partial charge in [0, 0.05) is 22.6 Å². The van der Waals surface area contributed by atoms with Crippen molar-refractivity contribution in [3.8, 4) is 5.69 Å². The van der Waals surface area contributed by atoms with Crippen LogP contribution in [0.25, 0.3) is 11.8 Å². The van der Waals surface area contributed by atoms with E-state index in [1.807, 2.05) is 51.1 Å². The largest absolute Gasteiger partial charge is 0.318 e. The molecule has 5 rings (SSSR count). The maximum absolute atomic E-state index is 12.9. The second-order valence-corrected chi connectivity index (χ2v) is 10.2. The quantitative estimate of drug-likeness (QED) is 0.451. The number of nitrogens with one attached hydrogen (secondary N) is 1. The monoisotopic (exact) mass is 481 g/mol. The number of aromatic nitrogens is 1. The van der Waals surface area contributed by atoms with Crippen molar-refractivity contribution in [1.82, 2.24) is 9.58 Å². The summed E-state index contributed by atoms with van der Waals surface area (Å²) in [5.41, 5.74) is 7.62. The van der Waals surface area contributed by atoms with Gasteiger partial charge in [0.2, 0.25) is 5.17 Å². The van der Waals surface area contributed by atoms with Crippen molar-refractivity contribution in [1.29, 1.82) is 5.41 Å². The summed E-state index contributed by atoms with van der Waals surface area (Å²) in [7, 11) is 0. The lowest BCUT2D eigenvalue weighted by molar-refractivity contribution is -0.114. The third kappa shape index (κ3) is 4.17. The Morgan fingerprint density at radius 1 is 1.03 bits per heavy atom. The Balaban J connectivity index is 1.48. The van der Waals surface area contributed by atoms with Crippen molar-refractivity contribution in [2.24, 2.45) is 10.1 Å². The number of hydrogen-bond donors (Lipinski definition) is 1. The molecule has 0 saturated heterocycles. The lowest BCUT2D eigenvalue weighted by Gasteiger charge is -2.20. The first-order chi connectivity index (χ1) is 16.7. The summed E-state index contributed by atoms with van der Waals surface area (Å²) in [5, 5.41) is 15.9. The first-order valence-corrected chi connectivity index (χ1v) is 12.4. The highest BCUT2D eigenvalue weighted by molar-refractivity contribution is 8.27. The number of thioether (sulfide) groups is 1. The molecule has 0 fully saturated rings. The van der Waals surface area contributed by atoms with Crippen molar-refractivity contribution < 1.29 is 4.79 Å². The van der Waals surface area contributed by atoms with Crippen LogP contribution in [0.2, 0.25) is 0 Å². The summed E-state index contributed by atoms with van der Waals surface area (Å²) < 4.78 is 2.17. The van der Waals surface area contributed by atoms with E-state index >= 15 is 0 Å². The van der Waals surface area contributed by atoms with Crippen LogP contribution in [0.4, 0.5) is 0 Å². The molecule has 7 heteroatoms. The standard InChI is InChI=1S/C28H27N5OS/c1-16(2)20-9-11-23(12-10-20)32-18(4)14-22(19(32)5)15-24-25(29)33-28(30-26(24)34)35-27(31-33)21-8-6-7-17(3)13-21/h6-16,29H,1-5H3. The fraction of sp³-hybridized carbons (Fsp3) is 0.214. The number of hydrogen-bond acceptors (Lipinski definition) is 4. The molecule has 0 radical (unpaired) electrons. The van der Waals surface area contributed by atoms with Crippen LogP contribution in [-0.4, -0.2) is 31.5 Å².